The molecule has 1 heterocycles. The van der Waals surface area contributed by atoms with E-state index in [0.717, 1.165) is 0 Å². The molecule has 72 valence electrons. The number of hydrogen-bond donors (Lipinski definition) is 0. The van der Waals surface area contributed by atoms with Crippen molar-refractivity contribution in [3.05, 3.63) is 11.8 Å². The summed E-state index contributed by atoms with van der Waals surface area (Å²) < 4.78 is 4.60. The van der Waals surface area contributed by atoms with E-state index < -0.39 is 6.09 Å². The molecule has 0 N–H and O–H groups in total. The Labute approximate surface area is 77.2 Å². The molecule has 1 amide bonds. The van der Waals surface area contributed by atoms with Crippen molar-refractivity contribution < 1.29 is 14.3 Å². The predicted molar refractivity (Wildman–Crippen MR) is 47.1 cm³/mol. The normalized spacial score (nSPS) is 22.7. The first-order valence-electron chi connectivity index (χ1n) is 4.14. The van der Waals surface area contributed by atoms with Crippen molar-refractivity contribution in [1.82, 2.24) is 4.90 Å². The molecule has 0 aromatic heterocycles. The van der Waals surface area contributed by atoms with Gasteiger partial charge in [-0.1, -0.05) is 0 Å². The van der Waals surface area contributed by atoms with Crippen molar-refractivity contribution in [2.24, 2.45) is 0 Å². The predicted octanol–water partition coefficient (Wildman–Crippen LogP) is 1.32. The summed E-state index contributed by atoms with van der Waals surface area (Å²) in [6, 6.07) is -0.107. The number of ether oxygens (including phenoxy) is 1. The number of carbonyl (C=O) groups excluding carboxylic acids is 2. The highest BCUT2D eigenvalue weighted by atomic mass is 16.5. The lowest BCUT2D eigenvalue weighted by Gasteiger charge is -2.30. The fourth-order valence-electron chi connectivity index (χ4n) is 1.51. The maximum absolute atomic E-state index is 11.2. The molecule has 4 heteroatoms. The van der Waals surface area contributed by atoms with Crippen LogP contribution in [0.2, 0.25) is 0 Å². The van der Waals surface area contributed by atoms with Gasteiger partial charge >= 0.3 is 6.09 Å². The number of methoxy groups -OCH3 is 1. The third kappa shape index (κ3) is 1.88. The lowest BCUT2D eigenvalue weighted by Crippen LogP contribution is -2.41. The summed E-state index contributed by atoms with van der Waals surface area (Å²) in [6.45, 7) is 3.55. The van der Waals surface area contributed by atoms with Crippen molar-refractivity contribution in [3.8, 4) is 0 Å². The van der Waals surface area contributed by atoms with E-state index in [2.05, 4.69) is 4.74 Å². The van der Waals surface area contributed by atoms with Gasteiger partial charge in [-0.3, -0.25) is 9.69 Å². The van der Waals surface area contributed by atoms with Gasteiger partial charge in [0.2, 0.25) is 0 Å². The zero-order valence-electron chi connectivity index (χ0n) is 8.03. The molecule has 1 aliphatic heterocycles. The number of carbonyl (C=O) groups is 2. The molecule has 0 unspecified atom stereocenters. The molecule has 0 bridgehead atoms. The maximum atomic E-state index is 11.2. The number of hydrogen-bond acceptors (Lipinski definition) is 3. The van der Waals surface area contributed by atoms with Crippen molar-refractivity contribution in [2.75, 3.05) is 7.11 Å². The number of amides is 1. The van der Waals surface area contributed by atoms with Crippen LogP contribution in [0.1, 0.15) is 20.3 Å². The lowest BCUT2D eigenvalue weighted by atomic mass is 10.0. The molecule has 13 heavy (non-hydrogen) atoms. The van der Waals surface area contributed by atoms with Gasteiger partial charge in [0.15, 0.2) is 5.78 Å². The highest BCUT2D eigenvalue weighted by molar-refractivity contribution is 5.93. The van der Waals surface area contributed by atoms with E-state index in [4.69, 9.17) is 0 Å². The number of allylic oxidation sites excluding steroid dienone is 2. The molecule has 0 aromatic carbocycles. The number of ketones is 1. The first-order valence-corrected chi connectivity index (χ1v) is 4.14. The van der Waals surface area contributed by atoms with Crippen LogP contribution < -0.4 is 0 Å². The van der Waals surface area contributed by atoms with Crippen molar-refractivity contribution in [3.63, 3.8) is 0 Å². The molecule has 4 nitrogen and oxygen atoms in total. The molecular formula is C9H13NO3. The summed E-state index contributed by atoms with van der Waals surface area (Å²) >= 11 is 0. The van der Waals surface area contributed by atoms with Gasteiger partial charge in [-0.05, 0) is 13.8 Å². The van der Waals surface area contributed by atoms with Crippen LogP contribution >= 0.6 is 0 Å². The van der Waals surface area contributed by atoms with E-state index in [0.29, 0.717) is 12.1 Å². The fraction of sp³-hybridized carbons (Fsp3) is 0.556. The lowest BCUT2D eigenvalue weighted by molar-refractivity contribution is -0.116. The van der Waals surface area contributed by atoms with E-state index >= 15 is 0 Å². The van der Waals surface area contributed by atoms with Gasteiger partial charge in [0, 0.05) is 24.2 Å². The van der Waals surface area contributed by atoms with Crippen LogP contribution in [0.5, 0.6) is 0 Å². The average Bonchev–Trinajstić information content (AvgIpc) is 2.02. The summed E-state index contributed by atoms with van der Waals surface area (Å²) in [6.07, 6.45) is 1.43. The Bertz CT molecular complexity index is 270. The Balaban J connectivity index is 2.90. The van der Waals surface area contributed by atoms with Gasteiger partial charge < -0.3 is 4.74 Å². The minimum atomic E-state index is -0.409. The Kier molecular flexibility index (Phi) is 2.70. The van der Waals surface area contributed by atoms with Crippen LogP contribution in [0, 0.1) is 0 Å². The molecule has 1 atom stereocenters. The summed E-state index contributed by atoms with van der Waals surface area (Å²) in [5.41, 5.74) is 0.649. The van der Waals surface area contributed by atoms with Gasteiger partial charge in [0.25, 0.3) is 0 Å². The highest BCUT2D eigenvalue weighted by Crippen LogP contribution is 2.19. The monoisotopic (exact) mass is 183 g/mol. The highest BCUT2D eigenvalue weighted by Gasteiger charge is 2.27. The Morgan fingerprint density at radius 2 is 2.31 bits per heavy atom. The summed E-state index contributed by atoms with van der Waals surface area (Å²) in [5, 5.41) is 0. The van der Waals surface area contributed by atoms with Crippen LogP contribution in [0.25, 0.3) is 0 Å². The van der Waals surface area contributed by atoms with Gasteiger partial charge in [0.1, 0.15) is 0 Å². The standard InChI is InChI=1S/C9H13NO3/c1-6-4-8(11)5-7(2)10(6)9(12)13-3/h4,7H,5H2,1-3H3/t7-/m1/s1. The van der Waals surface area contributed by atoms with Crippen molar-refractivity contribution >= 4 is 11.9 Å². The van der Waals surface area contributed by atoms with E-state index in [9.17, 15) is 9.59 Å². The van der Waals surface area contributed by atoms with Crippen molar-refractivity contribution in [1.29, 1.82) is 0 Å². The molecule has 1 rings (SSSR count). The SMILES string of the molecule is COC(=O)N1C(C)=CC(=O)C[C@H]1C. The van der Waals surface area contributed by atoms with Gasteiger partial charge in [0.05, 0.1) is 7.11 Å². The van der Waals surface area contributed by atoms with Crippen LogP contribution in [0.4, 0.5) is 4.79 Å². The number of rotatable bonds is 0. The van der Waals surface area contributed by atoms with Crippen LogP contribution in [-0.2, 0) is 9.53 Å². The van der Waals surface area contributed by atoms with E-state index in [1.54, 1.807) is 6.92 Å². The van der Waals surface area contributed by atoms with E-state index in [1.807, 2.05) is 6.92 Å². The second-order valence-corrected chi connectivity index (χ2v) is 3.15. The molecule has 0 spiro atoms. The Morgan fingerprint density at radius 1 is 1.69 bits per heavy atom. The largest absolute Gasteiger partial charge is 0.452 e. The smallest absolute Gasteiger partial charge is 0.413 e. The topological polar surface area (TPSA) is 46.6 Å². The molecular weight excluding hydrogens is 170 g/mol. The van der Waals surface area contributed by atoms with Gasteiger partial charge in [-0.25, -0.2) is 4.79 Å². The summed E-state index contributed by atoms with van der Waals surface area (Å²) in [7, 11) is 1.33. The molecule has 0 aromatic rings. The Morgan fingerprint density at radius 3 is 2.77 bits per heavy atom. The first kappa shape index (κ1) is 9.77. The van der Waals surface area contributed by atoms with Gasteiger partial charge in [-0.2, -0.15) is 0 Å². The van der Waals surface area contributed by atoms with Gasteiger partial charge in [-0.15, -0.1) is 0 Å². The number of nitrogens with zero attached hydrogens (tertiary/aromatic N) is 1. The minimum absolute atomic E-state index is 0.0603. The molecule has 0 aliphatic carbocycles. The fourth-order valence-corrected chi connectivity index (χ4v) is 1.51. The second-order valence-electron chi connectivity index (χ2n) is 3.15. The molecule has 0 fully saturated rings. The maximum Gasteiger partial charge on any atom is 0.413 e. The van der Waals surface area contributed by atoms with E-state index in [1.165, 1.54) is 18.1 Å². The summed E-state index contributed by atoms with van der Waals surface area (Å²) in [4.78, 5) is 23.8. The van der Waals surface area contributed by atoms with Crippen LogP contribution in [-0.4, -0.2) is 29.9 Å². The zero-order chi connectivity index (χ0) is 10.0. The Hall–Kier alpha value is -1.32. The van der Waals surface area contributed by atoms with E-state index in [-0.39, 0.29) is 11.8 Å². The third-order valence-corrected chi connectivity index (χ3v) is 2.06. The molecule has 0 saturated carbocycles. The zero-order valence-corrected chi connectivity index (χ0v) is 8.03. The third-order valence-electron chi connectivity index (χ3n) is 2.06. The average molecular weight is 183 g/mol. The summed E-state index contributed by atoms with van der Waals surface area (Å²) in [5.74, 6) is 0.0603. The van der Waals surface area contributed by atoms with Crippen molar-refractivity contribution in [2.45, 2.75) is 26.3 Å². The van der Waals surface area contributed by atoms with Crippen LogP contribution in [0.3, 0.4) is 0 Å². The first-order chi connectivity index (χ1) is 6.06. The molecule has 1 aliphatic rings. The van der Waals surface area contributed by atoms with Crippen LogP contribution in [0.15, 0.2) is 11.8 Å². The second kappa shape index (κ2) is 3.60. The quantitative estimate of drug-likeness (QED) is 0.569. The minimum Gasteiger partial charge on any atom is -0.452 e. The molecule has 0 saturated heterocycles. The molecule has 0 radical (unpaired) electrons.